The van der Waals surface area contributed by atoms with E-state index in [1.54, 1.807) is 6.08 Å². The fraction of sp³-hybridized carbons (Fsp3) is 0.500. The molecule has 0 aromatic heterocycles. The summed E-state index contributed by atoms with van der Waals surface area (Å²) in [7, 11) is 0. The van der Waals surface area contributed by atoms with E-state index in [4.69, 9.17) is 9.47 Å². The number of benzene rings is 1. The summed E-state index contributed by atoms with van der Waals surface area (Å²) in [5.74, 6) is 0.325. The molecule has 0 N–H and O–H groups in total. The molecule has 0 amide bonds. The number of hydrogen-bond acceptors (Lipinski definition) is 3. The smallest absolute Gasteiger partial charge is 0.430 e. The fourth-order valence-electron chi connectivity index (χ4n) is 3.99. The zero-order valence-corrected chi connectivity index (χ0v) is 12.6. The highest BCUT2D eigenvalue weighted by Gasteiger charge is 2.55. The molecule has 1 aromatic carbocycles. The Bertz CT molecular complexity index is 564. The Labute approximate surface area is 125 Å². The zero-order chi connectivity index (χ0) is 14.9. The quantitative estimate of drug-likeness (QED) is 0.602. The molecule has 3 heteroatoms. The number of hydrogen-bond donors (Lipinski definition) is 0. The Hall–Kier alpha value is -1.77. The molecule has 0 radical (unpaired) electrons. The van der Waals surface area contributed by atoms with Gasteiger partial charge in [-0.15, -0.1) is 0 Å². The molecule has 112 valence electrons. The summed E-state index contributed by atoms with van der Waals surface area (Å²) in [5.41, 5.74) is 3.32. The van der Waals surface area contributed by atoms with Crippen molar-refractivity contribution >= 4 is 6.16 Å². The van der Waals surface area contributed by atoms with E-state index in [9.17, 15) is 4.79 Å². The van der Waals surface area contributed by atoms with Crippen LogP contribution in [-0.4, -0.2) is 12.8 Å². The van der Waals surface area contributed by atoms with Crippen molar-refractivity contribution in [1.29, 1.82) is 0 Å². The molecule has 0 saturated heterocycles. The van der Waals surface area contributed by atoms with E-state index in [0.717, 1.165) is 19.3 Å². The molecule has 21 heavy (non-hydrogen) atoms. The SMILES string of the molecule is C=CCOC(=O)O[C@@]12CCCCC[C@@H]1c1cccc(C)c12. The van der Waals surface area contributed by atoms with Gasteiger partial charge in [-0.3, -0.25) is 0 Å². The second-order valence-electron chi connectivity index (χ2n) is 6.03. The predicted molar refractivity (Wildman–Crippen MR) is 81.3 cm³/mol. The highest BCUT2D eigenvalue weighted by molar-refractivity contribution is 5.64. The summed E-state index contributed by atoms with van der Waals surface area (Å²) in [5, 5.41) is 0. The van der Waals surface area contributed by atoms with E-state index in [2.05, 4.69) is 31.7 Å². The normalized spacial score (nSPS) is 26.6. The molecule has 0 heterocycles. The summed E-state index contributed by atoms with van der Waals surface area (Å²) in [6.07, 6.45) is 6.48. The first-order chi connectivity index (χ1) is 10.2. The van der Waals surface area contributed by atoms with Crippen molar-refractivity contribution in [3.8, 4) is 0 Å². The Kier molecular flexibility index (Phi) is 3.75. The first-order valence-electron chi connectivity index (χ1n) is 7.75. The van der Waals surface area contributed by atoms with Gasteiger partial charge in [-0.1, -0.05) is 43.7 Å². The maximum absolute atomic E-state index is 12.0. The molecule has 1 fully saturated rings. The van der Waals surface area contributed by atoms with E-state index in [1.807, 2.05) is 0 Å². The van der Waals surface area contributed by atoms with E-state index >= 15 is 0 Å². The van der Waals surface area contributed by atoms with Crippen molar-refractivity contribution < 1.29 is 14.3 Å². The topological polar surface area (TPSA) is 35.5 Å². The lowest BCUT2D eigenvalue weighted by molar-refractivity contribution is -0.0749. The molecule has 2 aliphatic carbocycles. The van der Waals surface area contributed by atoms with Gasteiger partial charge in [-0.2, -0.15) is 0 Å². The van der Waals surface area contributed by atoms with Crippen LogP contribution in [0.15, 0.2) is 30.9 Å². The average Bonchev–Trinajstić information content (AvgIpc) is 2.63. The molecule has 2 aliphatic rings. The molecule has 3 rings (SSSR count). The molecule has 0 aliphatic heterocycles. The number of fused-ring (bicyclic) bond motifs is 4. The number of carbonyl (C=O) groups is 1. The van der Waals surface area contributed by atoms with E-state index in [1.165, 1.54) is 29.5 Å². The van der Waals surface area contributed by atoms with Crippen LogP contribution in [0.2, 0.25) is 0 Å². The molecule has 3 nitrogen and oxygen atoms in total. The van der Waals surface area contributed by atoms with Crippen molar-refractivity contribution in [2.75, 3.05) is 6.61 Å². The monoisotopic (exact) mass is 286 g/mol. The molecule has 1 saturated carbocycles. The summed E-state index contributed by atoms with van der Waals surface area (Å²) in [4.78, 5) is 12.0. The maximum atomic E-state index is 12.0. The molecule has 0 spiro atoms. The van der Waals surface area contributed by atoms with Crippen molar-refractivity contribution in [3.05, 3.63) is 47.5 Å². The third-order valence-electron chi connectivity index (χ3n) is 4.79. The molecular formula is C18H22O3. The minimum atomic E-state index is -0.573. The van der Waals surface area contributed by atoms with Crippen LogP contribution in [0.25, 0.3) is 0 Å². The van der Waals surface area contributed by atoms with Gasteiger partial charge in [-0.25, -0.2) is 4.79 Å². The molecule has 1 aromatic rings. The Morgan fingerprint density at radius 3 is 3.10 bits per heavy atom. The van der Waals surface area contributed by atoms with Gasteiger partial charge in [0.1, 0.15) is 12.2 Å². The Morgan fingerprint density at radius 1 is 1.43 bits per heavy atom. The fourth-order valence-corrected chi connectivity index (χ4v) is 3.99. The molecule has 0 unspecified atom stereocenters. The highest BCUT2D eigenvalue weighted by atomic mass is 16.7. The van der Waals surface area contributed by atoms with Gasteiger partial charge in [0.05, 0.1) is 0 Å². The van der Waals surface area contributed by atoms with Crippen LogP contribution in [-0.2, 0) is 15.1 Å². The van der Waals surface area contributed by atoms with Gasteiger partial charge in [0.25, 0.3) is 0 Å². The Morgan fingerprint density at radius 2 is 2.29 bits per heavy atom. The Balaban J connectivity index is 1.93. The standard InChI is InChI=1S/C18H22O3/c1-3-12-20-17(19)21-18-11-6-4-5-10-15(18)14-9-7-8-13(2)16(14)18/h3,7-9,15H,1,4-6,10-12H2,2H3/t15-,18+/m1/s1. The third kappa shape index (κ3) is 2.25. The number of aryl methyl sites for hydroxylation is 1. The van der Waals surface area contributed by atoms with Crippen molar-refractivity contribution in [2.24, 2.45) is 0 Å². The number of ether oxygens (including phenoxy) is 2. The lowest BCUT2D eigenvalue weighted by Gasteiger charge is -2.50. The van der Waals surface area contributed by atoms with Gasteiger partial charge >= 0.3 is 6.16 Å². The van der Waals surface area contributed by atoms with Crippen LogP contribution in [0.4, 0.5) is 4.79 Å². The largest absolute Gasteiger partial charge is 0.509 e. The second kappa shape index (κ2) is 5.55. The molecular weight excluding hydrogens is 264 g/mol. The van der Waals surface area contributed by atoms with E-state index < -0.39 is 11.8 Å². The van der Waals surface area contributed by atoms with Gasteiger partial charge in [0.2, 0.25) is 0 Å². The van der Waals surface area contributed by atoms with Gasteiger partial charge in [-0.05, 0) is 37.3 Å². The van der Waals surface area contributed by atoms with Crippen molar-refractivity contribution in [3.63, 3.8) is 0 Å². The van der Waals surface area contributed by atoms with E-state index in [-0.39, 0.29) is 6.61 Å². The average molecular weight is 286 g/mol. The summed E-state index contributed by atoms with van der Waals surface area (Å²) >= 11 is 0. The van der Waals surface area contributed by atoms with Crippen molar-refractivity contribution in [1.82, 2.24) is 0 Å². The maximum Gasteiger partial charge on any atom is 0.509 e. The number of carbonyl (C=O) groups excluding carboxylic acids is 1. The summed E-state index contributed by atoms with van der Waals surface area (Å²) in [6.45, 7) is 5.85. The van der Waals surface area contributed by atoms with Crippen LogP contribution in [0.1, 0.15) is 54.7 Å². The minimum absolute atomic E-state index is 0.195. The lowest BCUT2D eigenvalue weighted by atomic mass is 9.60. The summed E-state index contributed by atoms with van der Waals surface area (Å²) in [6, 6.07) is 6.37. The van der Waals surface area contributed by atoms with Gasteiger partial charge < -0.3 is 9.47 Å². The van der Waals surface area contributed by atoms with Crippen LogP contribution >= 0.6 is 0 Å². The third-order valence-corrected chi connectivity index (χ3v) is 4.79. The first kappa shape index (κ1) is 14.2. The first-order valence-corrected chi connectivity index (χ1v) is 7.75. The van der Waals surface area contributed by atoms with Crippen LogP contribution in [0.3, 0.4) is 0 Å². The van der Waals surface area contributed by atoms with E-state index in [0.29, 0.717) is 5.92 Å². The zero-order valence-electron chi connectivity index (χ0n) is 12.6. The number of rotatable bonds is 3. The summed E-state index contributed by atoms with van der Waals surface area (Å²) < 4.78 is 10.9. The highest BCUT2D eigenvalue weighted by Crippen LogP contribution is 2.59. The van der Waals surface area contributed by atoms with Crippen LogP contribution in [0, 0.1) is 6.92 Å². The van der Waals surface area contributed by atoms with Crippen LogP contribution < -0.4 is 0 Å². The molecule has 2 atom stereocenters. The van der Waals surface area contributed by atoms with Crippen LogP contribution in [0.5, 0.6) is 0 Å². The minimum Gasteiger partial charge on any atom is -0.430 e. The second-order valence-corrected chi connectivity index (χ2v) is 6.03. The lowest BCUT2D eigenvalue weighted by Crippen LogP contribution is -2.47. The van der Waals surface area contributed by atoms with Gasteiger partial charge in [0.15, 0.2) is 0 Å². The molecule has 0 bridgehead atoms. The van der Waals surface area contributed by atoms with Crippen molar-refractivity contribution in [2.45, 2.75) is 50.5 Å². The van der Waals surface area contributed by atoms with Gasteiger partial charge in [0, 0.05) is 11.5 Å². The predicted octanol–water partition coefficient (Wildman–Crippen LogP) is 4.59.